The van der Waals surface area contributed by atoms with Gasteiger partial charge >= 0.3 is 5.97 Å². The molecule has 4 aromatic carbocycles. The molecule has 1 atom stereocenters. The maximum Gasteiger partial charge on any atom is 0.338 e. The van der Waals surface area contributed by atoms with Crippen molar-refractivity contribution >= 4 is 18.5 Å². The summed E-state index contributed by atoms with van der Waals surface area (Å²) >= 11 is 0. The molecule has 0 radical (unpaired) electrons. The van der Waals surface area contributed by atoms with Crippen molar-refractivity contribution in [3.8, 4) is 22.6 Å². The molecule has 0 fully saturated rings. The zero-order valence-electron chi connectivity index (χ0n) is 30.2. The topological polar surface area (TPSA) is 78.9 Å². The summed E-state index contributed by atoms with van der Waals surface area (Å²) in [5.74, 6) is 1.90. The van der Waals surface area contributed by atoms with Gasteiger partial charge < -0.3 is 19.0 Å². The molecule has 6 nitrogen and oxygen atoms in total. The van der Waals surface area contributed by atoms with E-state index in [1.54, 1.807) is 12.1 Å². The number of ketones is 1. The molecule has 0 spiro atoms. The van der Waals surface area contributed by atoms with Crippen molar-refractivity contribution in [3.63, 3.8) is 0 Å². The van der Waals surface area contributed by atoms with Crippen molar-refractivity contribution in [2.45, 2.75) is 67.7 Å². The summed E-state index contributed by atoms with van der Waals surface area (Å²) in [6, 6.07) is 27.1. The number of esters is 1. The molecule has 0 saturated heterocycles. The van der Waals surface area contributed by atoms with Gasteiger partial charge in [0.15, 0.2) is 5.78 Å². The van der Waals surface area contributed by atoms with Gasteiger partial charge in [0.1, 0.15) is 18.3 Å². The minimum absolute atomic E-state index is 0.176. The first kappa shape index (κ1) is 40.2. The average Bonchev–Trinajstić information content (AvgIpc) is 3.12. The number of aryl methyl sites for hydroxylation is 4. The molecule has 0 saturated carbocycles. The number of allylic oxidation sites excluding steroid dienone is 2. The van der Waals surface area contributed by atoms with E-state index in [9.17, 15) is 9.59 Å². The quantitative estimate of drug-likeness (QED) is 0.0578. The van der Waals surface area contributed by atoms with Crippen LogP contribution < -0.4 is 9.47 Å². The van der Waals surface area contributed by atoms with Gasteiger partial charge in [-0.3, -0.25) is 4.79 Å². The van der Waals surface area contributed by atoms with E-state index in [1.165, 1.54) is 0 Å². The number of ether oxygens (including phenoxy) is 3. The summed E-state index contributed by atoms with van der Waals surface area (Å²) in [5.41, 5.74) is 7.88. The first-order valence-corrected chi connectivity index (χ1v) is 16.8. The van der Waals surface area contributed by atoms with Gasteiger partial charge in [0.25, 0.3) is 0 Å². The van der Waals surface area contributed by atoms with Crippen molar-refractivity contribution < 1.29 is 28.6 Å². The maximum atomic E-state index is 12.5. The van der Waals surface area contributed by atoms with Crippen LogP contribution in [0.2, 0.25) is 0 Å². The van der Waals surface area contributed by atoms with Gasteiger partial charge in [-0.1, -0.05) is 67.6 Å². The third kappa shape index (κ3) is 13.2. The molecule has 0 bridgehead atoms. The van der Waals surface area contributed by atoms with E-state index in [2.05, 4.69) is 58.9 Å². The fourth-order valence-electron chi connectivity index (χ4n) is 5.20. The van der Waals surface area contributed by atoms with E-state index >= 15 is 0 Å². The average molecular weight is 665 g/mol. The van der Waals surface area contributed by atoms with Crippen LogP contribution in [0, 0.1) is 33.6 Å². The highest BCUT2D eigenvalue weighted by molar-refractivity contribution is 5.96. The number of hydrogen-bond donors (Lipinski definition) is 0. The highest BCUT2D eigenvalue weighted by Crippen LogP contribution is 2.34. The van der Waals surface area contributed by atoms with Gasteiger partial charge in [0, 0.05) is 18.4 Å². The Hall–Kier alpha value is -4.97. The highest BCUT2D eigenvalue weighted by Gasteiger charge is 2.14. The second-order valence-electron chi connectivity index (χ2n) is 12.0. The Bertz CT molecular complexity index is 1580. The van der Waals surface area contributed by atoms with Crippen LogP contribution in [0.15, 0.2) is 97.1 Å². The lowest BCUT2D eigenvalue weighted by Gasteiger charge is -2.18. The van der Waals surface area contributed by atoms with Crippen LogP contribution in [0.3, 0.4) is 0 Å². The molecule has 4 rings (SSSR count). The van der Waals surface area contributed by atoms with Crippen LogP contribution in [-0.2, 0) is 9.53 Å². The number of hydrogen-bond acceptors (Lipinski definition) is 6. The van der Waals surface area contributed by atoms with E-state index in [1.807, 2.05) is 81.3 Å². The van der Waals surface area contributed by atoms with Crippen LogP contribution in [0.25, 0.3) is 11.1 Å². The third-order valence-electron chi connectivity index (χ3n) is 7.84. The zero-order chi connectivity index (χ0) is 36.2. The Morgan fingerprint density at radius 3 is 1.59 bits per heavy atom. The molecular weight excluding hydrogens is 612 g/mol. The molecule has 0 aromatic heterocycles. The van der Waals surface area contributed by atoms with Crippen LogP contribution in [-0.4, -0.2) is 38.4 Å². The van der Waals surface area contributed by atoms with Crippen molar-refractivity contribution in [1.82, 2.24) is 0 Å². The normalized spacial score (nSPS) is 11.0. The Morgan fingerprint density at radius 1 is 0.673 bits per heavy atom. The Kier molecular flexibility index (Phi) is 17.9. The number of rotatable bonds is 14. The van der Waals surface area contributed by atoms with E-state index in [4.69, 9.17) is 19.0 Å². The lowest BCUT2D eigenvalue weighted by molar-refractivity contribution is -0.0980. The molecule has 1 unspecified atom stereocenters. The van der Waals surface area contributed by atoms with Gasteiger partial charge in [-0.05, 0) is 124 Å². The summed E-state index contributed by atoms with van der Waals surface area (Å²) in [5, 5.41) is 0. The van der Waals surface area contributed by atoms with Crippen LogP contribution in [0.5, 0.6) is 11.5 Å². The van der Waals surface area contributed by atoms with Gasteiger partial charge in [-0.15, -0.1) is 0 Å². The molecule has 4 aromatic rings. The fourth-order valence-corrected chi connectivity index (χ4v) is 5.20. The Morgan fingerprint density at radius 2 is 1.12 bits per heavy atom. The summed E-state index contributed by atoms with van der Waals surface area (Å²) in [6.07, 6.45) is 5.92. The minimum atomic E-state index is -0.316. The molecule has 6 heteroatoms. The highest BCUT2D eigenvalue weighted by atomic mass is 16.5. The van der Waals surface area contributed by atoms with E-state index in [-0.39, 0.29) is 17.7 Å². The van der Waals surface area contributed by atoms with Crippen LogP contribution >= 0.6 is 0 Å². The summed E-state index contributed by atoms with van der Waals surface area (Å²) in [4.78, 5) is 32.6. The van der Waals surface area contributed by atoms with Gasteiger partial charge in [-0.25, -0.2) is 4.79 Å². The Balaban J connectivity index is 0.00000129. The van der Waals surface area contributed by atoms with Gasteiger partial charge in [0.2, 0.25) is 0 Å². The second-order valence-corrected chi connectivity index (χ2v) is 12.0. The monoisotopic (exact) mass is 664 g/mol. The number of benzene rings is 4. The lowest BCUT2D eigenvalue weighted by Crippen LogP contribution is -2.12. The molecule has 0 aliphatic heterocycles. The molecule has 260 valence electrons. The lowest BCUT2D eigenvalue weighted by atomic mass is 9.96. The van der Waals surface area contributed by atoms with Crippen molar-refractivity contribution in [1.29, 1.82) is 0 Å². The summed E-state index contributed by atoms with van der Waals surface area (Å²) in [6.45, 7) is 17.7. The largest absolute Gasteiger partial charge is 0.493 e. The number of Topliss-reactive ketones (excluding diaryl/α,β-unsaturated/α-hetero) is 1. The van der Waals surface area contributed by atoms with E-state index < -0.39 is 0 Å². The minimum Gasteiger partial charge on any atom is -0.493 e. The zero-order valence-corrected chi connectivity index (χ0v) is 30.2. The summed E-state index contributed by atoms with van der Waals surface area (Å²) in [7, 11) is 0. The summed E-state index contributed by atoms with van der Waals surface area (Å²) < 4.78 is 17.7. The van der Waals surface area contributed by atoms with Crippen LogP contribution in [0.1, 0.15) is 83.0 Å². The molecule has 0 amide bonds. The fraction of sp³-hybridized carbons (Fsp3) is 0.326. The van der Waals surface area contributed by atoms with E-state index in [0.717, 1.165) is 56.9 Å². The maximum absolute atomic E-state index is 12.5. The number of carbonyl (C=O) groups excluding carboxylic acids is 3. The molecule has 0 aliphatic rings. The predicted molar refractivity (Wildman–Crippen MR) is 200 cm³/mol. The molecular formula is C43H52O6. The second kappa shape index (κ2) is 21.8. The smallest absolute Gasteiger partial charge is 0.338 e. The van der Waals surface area contributed by atoms with Gasteiger partial charge in [-0.2, -0.15) is 0 Å². The van der Waals surface area contributed by atoms with Crippen molar-refractivity contribution in [2.24, 2.45) is 5.92 Å². The van der Waals surface area contributed by atoms with Crippen molar-refractivity contribution in [3.05, 3.63) is 130 Å². The van der Waals surface area contributed by atoms with Gasteiger partial charge in [0.05, 0.1) is 25.4 Å². The predicted octanol–water partition coefficient (Wildman–Crippen LogP) is 10.3. The first-order chi connectivity index (χ1) is 23.6. The third-order valence-corrected chi connectivity index (χ3v) is 7.84. The first-order valence-electron chi connectivity index (χ1n) is 16.8. The molecule has 49 heavy (non-hydrogen) atoms. The molecule has 0 heterocycles. The van der Waals surface area contributed by atoms with Crippen molar-refractivity contribution in [2.75, 3.05) is 19.8 Å². The molecule has 0 N–H and O–H groups in total. The molecule has 0 aliphatic carbocycles. The van der Waals surface area contributed by atoms with Crippen LogP contribution in [0.4, 0.5) is 0 Å². The van der Waals surface area contributed by atoms with E-state index in [0.29, 0.717) is 38.2 Å². The SMILES string of the molecule is C/C=C\C.C=O.Cc1cc(-c2cc(C)c(OCC(C)CCC(=O)c3ccccc3)c(C)c2)cc(C)c1OCCCOC(=O)c1ccccc1. The standard InChI is InChI=1S/C38H42O5.C4H8.CH2O/c1-26(17-18-35(39)31-13-8-6-9-14-31)25-43-37-29(4)23-34(24-30(37)5)33-21-27(2)36(28(3)22-33)41-19-12-20-42-38(40)32-15-10-7-11-16-32;1-3-4-2;1-2/h6-11,13-16,21-24,26H,12,17-20,25H2,1-5H3;3-4H,1-2H3;1H2/b;4-3-;. The Labute approximate surface area is 293 Å². The number of carbonyl (C=O) groups is 3.